The van der Waals surface area contributed by atoms with Gasteiger partial charge in [-0.2, -0.15) is 0 Å². The standard InChI is InChI=1S/C50H28N4/c1-2-14-30-27-44-38(25-29(30)13-1)40-28-45-46(47-37-21-9-11-23-42(37)53(44)49(40)47)36-20-8-12-24-43(36)54(45)50-51-41-22-10-7-19-35(41)48(52-50)39-26-31-15-3-4-16-32(31)33-17-5-6-18-34(33)39/h1-28H. The number of para-hydroxylation sites is 3. The van der Waals surface area contributed by atoms with Crippen LogP contribution in [0.4, 0.5) is 0 Å². The van der Waals surface area contributed by atoms with Gasteiger partial charge >= 0.3 is 0 Å². The number of nitrogens with zero attached hydrogens (tertiary/aromatic N) is 4. The highest BCUT2D eigenvalue weighted by molar-refractivity contribution is 6.36. The highest BCUT2D eigenvalue weighted by Gasteiger charge is 2.25. The Hall–Kier alpha value is -7.30. The first-order valence-electron chi connectivity index (χ1n) is 18.5. The summed E-state index contributed by atoms with van der Waals surface area (Å²) in [4.78, 5) is 11.0. The number of benzene rings is 9. The Kier molecular flexibility index (Phi) is 5.34. The number of rotatable bonds is 2. The molecule has 0 atom stereocenters. The lowest BCUT2D eigenvalue weighted by atomic mass is 9.94. The highest BCUT2D eigenvalue weighted by atomic mass is 15.2. The van der Waals surface area contributed by atoms with E-state index in [1.54, 1.807) is 0 Å². The minimum absolute atomic E-state index is 0.666. The second kappa shape index (κ2) is 10.2. The second-order valence-electron chi connectivity index (χ2n) is 14.5. The molecule has 9 aromatic carbocycles. The molecule has 0 aliphatic carbocycles. The zero-order valence-electron chi connectivity index (χ0n) is 29.0. The average molecular weight is 685 g/mol. The Morgan fingerprint density at radius 3 is 1.78 bits per heavy atom. The van der Waals surface area contributed by atoms with Crippen LogP contribution in [0.5, 0.6) is 0 Å². The molecule has 4 nitrogen and oxygen atoms in total. The van der Waals surface area contributed by atoms with Crippen LogP contribution in [-0.4, -0.2) is 18.9 Å². The quantitative estimate of drug-likeness (QED) is 0.170. The van der Waals surface area contributed by atoms with Gasteiger partial charge in [0.1, 0.15) is 0 Å². The summed E-state index contributed by atoms with van der Waals surface area (Å²) in [6, 6.07) is 61.6. The zero-order chi connectivity index (χ0) is 35.1. The Morgan fingerprint density at radius 1 is 0.352 bits per heavy atom. The van der Waals surface area contributed by atoms with Crippen molar-refractivity contribution in [2.45, 2.75) is 0 Å². The van der Waals surface area contributed by atoms with Crippen LogP contribution in [0.2, 0.25) is 0 Å². The lowest BCUT2D eigenvalue weighted by Crippen LogP contribution is -2.03. The van der Waals surface area contributed by atoms with E-state index in [-0.39, 0.29) is 0 Å². The van der Waals surface area contributed by atoms with Crippen LogP contribution >= 0.6 is 0 Å². The third kappa shape index (κ3) is 3.57. The van der Waals surface area contributed by atoms with Gasteiger partial charge in [0.05, 0.1) is 38.8 Å². The molecule has 0 fully saturated rings. The predicted octanol–water partition coefficient (Wildman–Crippen LogP) is 13.0. The van der Waals surface area contributed by atoms with Crippen LogP contribution < -0.4 is 0 Å². The first-order chi connectivity index (χ1) is 26.8. The molecule has 4 aromatic heterocycles. The van der Waals surface area contributed by atoms with Crippen LogP contribution in [0.3, 0.4) is 0 Å². The van der Waals surface area contributed by atoms with Gasteiger partial charge in [0.25, 0.3) is 0 Å². The number of fused-ring (bicyclic) bond motifs is 15. The van der Waals surface area contributed by atoms with Gasteiger partial charge in [-0.25, -0.2) is 9.97 Å². The molecular formula is C50H28N4. The normalized spacial score (nSPS) is 12.4. The van der Waals surface area contributed by atoms with Crippen molar-refractivity contribution >= 4 is 103 Å². The van der Waals surface area contributed by atoms with E-state index in [2.05, 4.69) is 179 Å². The van der Waals surface area contributed by atoms with Gasteiger partial charge in [0.15, 0.2) is 0 Å². The molecule has 0 aliphatic rings. The van der Waals surface area contributed by atoms with Gasteiger partial charge in [0, 0.05) is 43.3 Å². The molecule has 0 unspecified atom stereocenters. The van der Waals surface area contributed by atoms with Crippen molar-refractivity contribution in [3.8, 4) is 17.2 Å². The maximum absolute atomic E-state index is 5.60. The molecule has 0 N–H and O–H groups in total. The SMILES string of the molecule is c1ccc2cc3c(cc2c1)c1cc2c(c4ccccc4n2-c2nc(-c4cc5ccccc5c5ccccc45)c4ccccc4n2)c2c4ccccc4n3c12. The van der Waals surface area contributed by atoms with Gasteiger partial charge in [-0.1, -0.05) is 127 Å². The first kappa shape index (κ1) is 28.3. The van der Waals surface area contributed by atoms with Crippen molar-refractivity contribution in [3.63, 3.8) is 0 Å². The fraction of sp³-hybridized carbons (Fsp3) is 0. The lowest BCUT2D eigenvalue weighted by molar-refractivity contribution is 1.01. The van der Waals surface area contributed by atoms with E-state index in [1.165, 1.54) is 81.2 Å². The summed E-state index contributed by atoms with van der Waals surface area (Å²) in [5.74, 6) is 0.666. The van der Waals surface area contributed by atoms with Crippen molar-refractivity contribution in [2.75, 3.05) is 0 Å². The molecule has 0 aliphatic heterocycles. The Bertz CT molecular complexity index is 3740. The van der Waals surface area contributed by atoms with E-state index in [0.717, 1.165) is 33.2 Å². The largest absolute Gasteiger partial charge is 0.308 e. The molecule has 54 heavy (non-hydrogen) atoms. The minimum Gasteiger partial charge on any atom is -0.308 e. The topological polar surface area (TPSA) is 35.1 Å². The molecule has 0 bridgehead atoms. The summed E-state index contributed by atoms with van der Waals surface area (Å²) in [7, 11) is 0. The van der Waals surface area contributed by atoms with Crippen LogP contribution in [0.1, 0.15) is 0 Å². The van der Waals surface area contributed by atoms with E-state index in [0.29, 0.717) is 5.95 Å². The third-order valence-corrected chi connectivity index (χ3v) is 11.8. The predicted molar refractivity (Wildman–Crippen MR) is 226 cm³/mol. The van der Waals surface area contributed by atoms with Crippen molar-refractivity contribution in [1.82, 2.24) is 18.9 Å². The van der Waals surface area contributed by atoms with Gasteiger partial charge < -0.3 is 4.40 Å². The zero-order valence-corrected chi connectivity index (χ0v) is 29.0. The van der Waals surface area contributed by atoms with Gasteiger partial charge in [-0.05, 0) is 74.8 Å². The van der Waals surface area contributed by atoms with E-state index >= 15 is 0 Å². The summed E-state index contributed by atoms with van der Waals surface area (Å²) in [6.07, 6.45) is 0. The van der Waals surface area contributed by atoms with Crippen LogP contribution in [0, 0.1) is 0 Å². The molecule has 4 heteroatoms. The highest BCUT2D eigenvalue weighted by Crippen LogP contribution is 2.47. The molecule has 0 saturated heterocycles. The molecule has 13 rings (SSSR count). The monoisotopic (exact) mass is 684 g/mol. The maximum Gasteiger partial charge on any atom is 0.235 e. The lowest BCUT2D eigenvalue weighted by Gasteiger charge is -2.15. The van der Waals surface area contributed by atoms with E-state index < -0.39 is 0 Å². The molecule has 0 amide bonds. The maximum atomic E-state index is 5.60. The summed E-state index contributed by atoms with van der Waals surface area (Å²) in [5.41, 5.74) is 8.86. The fourth-order valence-corrected chi connectivity index (χ4v) is 9.53. The van der Waals surface area contributed by atoms with E-state index in [9.17, 15) is 0 Å². The first-order valence-corrected chi connectivity index (χ1v) is 18.5. The van der Waals surface area contributed by atoms with Crippen molar-refractivity contribution in [2.24, 2.45) is 0 Å². The minimum atomic E-state index is 0.666. The van der Waals surface area contributed by atoms with E-state index in [1.807, 2.05) is 0 Å². The Labute approximate surface area is 308 Å². The summed E-state index contributed by atoms with van der Waals surface area (Å²) in [5, 5.41) is 15.8. The Morgan fingerprint density at radius 2 is 0.963 bits per heavy atom. The van der Waals surface area contributed by atoms with Crippen LogP contribution in [0.25, 0.3) is 120 Å². The van der Waals surface area contributed by atoms with Crippen molar-refractivity contribution in [3.05, 3.63) is 170 Å². The molecule has 0 radical (unpaired) electrons. The number of hydrogen-bond donors (Lipinski definition) is 0. The number of aromatic nitrogens is 4. The summed E-state index contributed by atoms with van der Waals surface area (Å²) >= 11 is 0. The fourth-order valence-electron chi connectivity index (χ4n) is 9.53. The van der Waals surface area contributed by atoms with Gasteiger partial charge in [-0.15, -0.1) is 0 Å². The van der Waals surface area contributed by atoms with Crippen LogP contribution in [0.15, 0.2) is 170 Å². The molecular weight excluding hydrogens is 657 g/mol. The van der Waals surface area contributed by atoms with Crippen molar-refractivity contribution in [1.29, 1.82) is 0 Å². The second-order valence-corrected chi connectivity index (χ2v) is 14.5. The molecule has 0 spiro atoms. The number of hydrogen-bond acceptors (Lipinski definition) is 2. The van der Waals surface area contributed by atoms with Crippen molar-refractivity contribution < 1.29 is 0 Å². The average Bonchev–Trinajstić information content (AvgIpc) is 3.86. The smallest absolute Gasteiger partial charge is 0.235 e. The molecule has 248 valence electrons. The molecule has 4 heterocycles. The Balaban J connectivity index is 1.22. The third-order valence-electron chi connectivity index (χ3n) is 11.8. The van der Waals surface area contributed by atoms with Gasteiger partial charge in [0.2, 0.25) is 5.95 Å². The summed E-state index contributed by atoms with van der Waals surface area (Å²) in [6.45, 7) is 0. The van der Waals surface area contributed by atoms with E-state index in [4.69, 9.17) is 9.97 Å². The van der Waals surface area contributed by atoms with Crippen LogP contribution in [-0.2, 0) is 0 Å². The molecule has 13 aromatic rings. The van der Waals surface area contributed by atoms with Gasteiger partial charge in [-0.3, -0.25) is 4.57 Å². The molecule has 0 saturated carbocycles. The summed E-state index contributed by atoms with van der Waals surface area (Å²) < 4.78 is 4.80.